The van der Waals surface area contributed by atoms with Gasteiger partial charge in [-0.1, -0.05) is 29.3 Å². The summed E-state index contributed by atoms with van der Waals surface area (Å²) in [5.41, 5.74) is 0.760. The number of carbonyl (C=O) groups is 1. The molecule has 1 aromatic heterocycles. The molecule has 0 unspecified atom stereocenters. The number of Topliss-reactive ketones (excluding diaryl/α,β-unsaturated/α-hetero) is 1. The van der Waals surface area contributed by atoms with Gasteiger partial charge in [-0.2, -0.15) is 0 Å². The van der Waals surface area contributed by atoms with E-state index >= 15 is 0 Å². The molecule has 0 aliphatic rings. The van der Waals surface area contributed by atoms with Crippen molar-refractivity contribution in [3.05, 3.63) is 83.2 Å². The molecule has 2 aromatic carbocycles. The van der Waals surface area contributed by atoms with E-state index in [1.165, 1.54) is 6.08 Å². The van der Waals surface area contributed by atoms with E-state index in [0.717, 1.165) is 11.3 Å². The third kappa shape index (κ3) is 4.07. The fourth-order valence-corrected chi connectivity index (χ4v) is 3.64. The second-order valence-electron chi connectivity index (χ2n) is 5.30. The van der Waals surface area contributed by atoms with Crippen LogP contribution in [0, 0.1) is 0 Å². The maximum Gasteiger partial charge on any atom is 0.266 e. The van der Waals surface area contributed by atoms with Crippen molar-refractivity contribution in [3.63, 3.8) is 0 Å². The Hall–Kier alpha value is -2.34. The molecule has 0 fully saturated rings. The van der Waals surface area contributed by atoms with E-state index in [-0.39, 0.29) is 11.3 Å². The van der Waals surface area contributed by atoms with Crippen molar-refractivity contribution in [2.45, 2.75) is 0 Å². The largest absolute Gasteiger partial charge is 0.497 e. The number of nitrogens with one attached hydrogen (secondary N) is 1. The molecule has 26 heavy (non-hydrogen) atoms. The molecule has 132 valence electrons. The summed E-state index contributed by atoms with van der Waals surface area (Å²) in [6, 6.07) is 11.9. The number of hydrogen-bond donors (Lipinski definition) is 1. The number of halogens is 2. The van der Waals surface area contributed by atoms with Gasteiger partial charge in [0.05, 0.1) is 16.3 Å². The van der Waals surface area contributed by atoms with Crippen LogP contribution in [-0.4, -0.2) is 17.9 Å². The molecule has 1 heterocycles. The maximum absolute atomic E-state index is 12.3. The van der Waals surface area contributed by atoms with E-state index in [1.807, 2.05) is 0 Å². The number of benzene rings is 2. The molecule has 3 aromatic rings. The smallest absolute Gasteiger partial charge is 0.266 e. The van der Waals surface area contributed by atoms with Crippen LogP contribution in [0.5, 0.6) is 5.75 Å². The van der Waals surface area contributed by atoms with E-state index in [9.17, 15) is 9.59 Å². The zero-order chi connectivity index (χ0) is 18.7. The van der Waals surface area contributed by atoms with Crippen molar-refractivity contribution >= 4 is 52.5 Å². The standard InChI is InChI=1S/C19H13Cl2NO3S/c1-25-12-7-5-11(6-8-12)16(23)10-18-22-19(24)17(26-18)9-13-14(20)3-2-4-15(13)21/h2-10H,1H3,(H,22,24). The lowest BCUT2D eigenvalue weighted by Crippen LogP contribution is -2.20. The molecule has 7 heteroatoms. The minimum atomic E-state index is -0.306. The zero-order valence-corrected chi connectivity index (χ0v) is 15.9. The lowest BCUT2D eigenvalue weighted by atomic mass is 10.1. The quantitative estimate of drug-likeness (QED) is 0.677. The van der Waals surface area contributed by atoms with E-state index in [2.05, 4.69) is 4.98 Å². The molecular weight excluding hydrogens is 393 g/mol. The van der Waals surface area contributed by atoms with Crippen molar-refractivity contribution < 1.29 is 9.53 Å². The third-order valence-corrected chi connectivity index (χ3v) is 5.21. The van der Waals surface area contributed by atoms with Crippen LogP contribution in [0.3, 0.4) is 0 Å². The first-order valence-electron chi connectivity index (χ1n) is 7.53. The van der Waals surface area contributed by atoms with Crippen molar-refractivity contribution in [3.8, 4) is 5.75 Å². The highest BCUT2D eigenvalue weighted by Crippen LogP contribution is 2.24. The number of hydrogen-bond acceptors (Lipinski definition) is 4. The fraction of sp³-hybridized carbons (Fsp3) is 0.0526. The number of ether oxygens (including phenoxy) is 1. The summed E-state index contributed by atoms with van der Waals surface area (Å²) in [7, 11) is 1.56. The summed E-state index contributed by atoms with van der Waals surface area (Å²) in [5.74, 6) is 0.451. The lowest BCUT2D eigenvalue weighted by Gasteiger charge is -1.99. The van der Waals surface area contributed by atoms with Crippen molar-refractivity contribution in [1.29, 1.82) is 0 Å². The summed E-state index contributed by atoms with van der Waals surface area (Å²) in [4.78, 5) is 27.2. The van der Waals surface area contributed by atoms with Crippen LogP contribution < -0.4 is 19.5 Å². The van der Waals surface area contributed by atoms with E-state index in [4.69, 9.17) is 27.9 Å². The monoisotopic (exact) mass is 405 g/mol. The Labute approximate surface area is 163 Å². The number of H-pyrrole nitrogens is 1. The minimum absolute atomic E-state index is 0.215. The zero-order valence-electron chi connectivity index (χ0n) is 13.6. The number of thiazole rings is 1. The van der Waals surface area contributed by atoms with E-state index < -0.39 is 0 Å². The molecule has 3 rings (SSSR count). The Morgan fingerprint density at radius 1 is 1.12 bits per heavy atom. The van der Waals surface area contributed by atoms with Gasteiger partial charge in [-0.25, -0.2) is 0 Å². The van der Waals surface area contributed by atoms with Gasteiger partial charge >= 0.3 is 0 Å². The van der Waals surface area contributed by atoms with Gasteiger partial charge in [0, 0.05) is 27.2 Å². The molecular formula is C19H13Cl2NO3S. The Bertz CT molecular complexity index is 1110. The average Bonchev–Trinajstić information content (AvgIpc) is 2.97. The van der Waals surface area contributed by atoms with Crippen LogP contribution in [0.25, 0.3) is 12.2 Å². The highest BCUT2D eigenvalue weighted by atomic mass is 35.5. The molecule has 0 atom stereocenters. The van der Waals surface area contributed by atoms with Crippen LogP contribution >= 0.6 is 34.5 Å². The first kappa shape index (κ1) is 18.5. The average molecular weight is 406 g/mol. The molecule has 0 aliphatic carbocycles. The molecule has 0 radical (unpaired) electrons. The molecule has 0 saturated carbocycles. The first-order chi connectivity index (χ1) is 12.5. The molecule has 0 bridgehead atoms. The second kappa shape index (κ2) is 7.91. The van der Waals surface area contributed by atoms with Gasteiger partial charge < -0.3 is 9.72 Å². The first-order valence-corrected chi connectivity index (χ1v) is 9.10. The predicted octanol–water partition coefficient (Wildman–Crippen LogP) is 3.24. The molecule has 0 amide bonds. The fourth-order valence-electron chi connectivity index (χ4n) is 2.26. The topological polar surface area (TPSA) is 59.2 Å². The van der Waals surface area contributed by atoms with Crippen LogP contribution in [-0.2, 0) is 0 Å². The summed E-state index contributed by atoms with van der Waals surface area (Å²) >= 11 is 13.4. The maximum atomic E-state index is 12.3. The molecule has 4 nitrogen and oxygen atoms in total. The molecule has 0 spiro atoms. The number of rotatable bonds is 4. The second-order valence-corrected chi connectivity index (χ2v) is 7.20. The van der Waals surface area contributed by atoms with Gasteiger partial charge in [0.15, 0.2) is 5.78 Å². The number of aromatic amines is 1. The van der Waals surface area contributed by atoms with Gasteiger partial charge in [-0.3, -0.25) is 9.59 Å². The van der Waals surface area contributed by atoms with Crippen molar-refractivity contribution in [2.24, 2.45) is 0 Å². The van der Waals surface area contributed by atoms with Gasteiger partial charge in [-0.15, -0.1) is 11.3 Å². The van der Waals surface area contributed by atoms with E-state index in [1.54, 1.807) is 55.7 Å². The number of carbonyl (C=O) groups excluding carboxylic acids is 1. The third-order valence-electron chi connectivity index (χ3n) is 3.59. The molecule has 0 saturated heterocycles. The molecule has 0 aliphatic heterocycles. The van der Waals surface area contributed by atoms with Crippen LogP contribution in [0.2, 0.25) is 10.0 Å². The Kier molecular flexibility index (Phi) is 5.61. The predicted molar refractivity (Wildman–Crippen MR) is 106 cm³/mol. The SMILES string of the molecule is COc1ccc(C(=O)C=c2[nH]c(=O)c(=Cc3c(Cl)cccc3Cl)s2)cc1. The van der Waals surface area contributed by atoms with Gasteiger partial charge in [-0.05, 0) is 42.5 Å². The van der Waals surface area contributed by atoms with Crippen LogP contribution in [0.15, 0.2) is 47.3 Å². The number of methoxy groups -OCH3 is 1. The Morgan fingerprint density at radius 2 is 1.77 bits per heavy atom. The summed E-state index contributed by atoms with van der Waals surface area (Å²) in [6.07, 6.45) is 3.00. The Balaban J connectivity index is 1.99. The minimum Gasteiger partial charge on any atom is -0.497 e. The lowest BCUT2D eigenvalue weighted by molar-refractivity contribution is 0.106. The molecule has 1 N–H and O–H groups in total. The van der Waals surface area contributed by atoms with E-state index in [0.29, 0.717) is 36.1 Å². The van der Waals surface area contributed by atoms with Gasteiger partial charge in [0.25, 0.3) is 5.56 Å². The van der Waals surface area contributed by atoms with Gasteiger partial charge in [0.1, 0.15) is 5.75 Å². The number of aromatic nitrogens is 1. The summed E-state index contributed by atoms with van der Waals surface area (Å²) in [5, 5.41) is 0.898. The van der Waals surface area contributed by atoms with Crippen molar-refractivity contribution in [2.75, 3.05) is 7.11 Å². The highest BCUT2D eigenvalue weighted by Gasteiger charge is 2.06. The van der Waals surface area contributed by atoms with Crippen molar-refractivity contribution in [1.82, 2.24) is 4.98 Å². The Morgan fingerprint density at radius 3 is 2.38 bits per heavy atom. The van der Waals surface area contributed by atoms with Crippen LogP contribution in [0.1, 0.15) is 15.9 Å². The van der Waals surface area contributed by atoms with Crippen LogP contribution in [0.4, 0.5) is 0 Å². The van der Waals surface area contributed by atoms with Gasteiger partial charge in [0.2, 0.25) is 0 Å². The number of ketones is 1. The summed E-state index contributed by atoms with van der Waals surface area (Å²) in [6.45, 7) is 0. The summed E-state index contributed by atoms with van der Waals surface area (Å²) < 4.78 is 5.93. The normalized spacial score (nSPS) is 12.4. The highest BCUT2D eigenvalue weighted by molar-refractivity contribution is 7.07.